The first-order valence-electron chi connectivity index (χ1n) is 4.79. The Balaban J connectivity index is 2.83. The molecule has 0 saturated heterocycles. The van der Waals surface area contributed by atoms with Gasteiger partial charge in [0, 0.05) is 12.1 Å². The second-order valence-corrected chi connectivity index (χ2v) is 4.11. The van der Waals surface area contributed by atoms with Gasteiger partial charge in [-0.3, -0.25) is 0 Å². The molecule has 1 aromatic carbocycles. The number of hydrogen-bond acceptors (Lipinski definition) is 2. The third-order valence-corrected chi connectivity index (χ3v) is 2.14. The highest BCUT2D eigenvalue weighted by atomic mass is 19.1. The molecular weight excluding hydrogens is 200 g/mol. The number of aliphatic hydroxyl groups is 1. The highest BCUT2D eigenvalue weighted by molar-refractivity contribution is 5.46. The van der Waals surface area contributed by atoms with Crippen molar-refractivity contribution in [3.8, 4) is 0 Å². The SMILES string of the molecule is CC(C)(CCO)Nc1cc(F)ccc1F. The maximum atomic E-state index is 13.2. The Bertz CT molecular complexity index is 339. The number of benzene rings is 1. The van der Waals surface area contributed by atoms with Crippen molar-refractivity contribution < 1.29 is 13.9 Å². The van der Waals surface area contributed by atoms with Gasteiger partial charge in [-0.2, -0.15) is 0 Å². The summed E-state index contributed by atoms with van der Waals surface area (Å²) in [4.78, 5) is 0. The van der Waals surface area contributed by atoms with Crippen LogP contribution >= 0.6 is 0 Å². The first-order valence-corrected chi connectivity index (χ1v) is 4.79. The summed E-state index contributed by atoms with van der Waals surface area (Å²) in [5.41, 5.74) is -0.350. The van der Waals surface area contributed by atoms with Gasteiger partial charge in [0.15, 0.2) is 0 Å². The second-order valence-electron chi connectivity index (χ2n) is 4.11. The third kappa shape index (κ3) is 3.47. The number of anilines is 1. The average Bonchev–Trinajstić information content (AvgIpc) is 2.10. The molecule has 0 radical (unpaired) electrons. The van der Waals surface area contributed by atoms with Crippen LogP contribution in [0.2, 0.25) is 0 Å². The van der Waals surface area contributed by atoms with E-state index in [1.54, 1.807) is 0 Å². The Kier molecular flexibility index (Phi) is 3.63. The molecule has 0 saturated carbocycles. The smallest absolute Gasteiger partial charge is 0.146 e. The maximum Gasteiger partial charge on any atom is 0.146 e. The van der Waals surface area contributed by atoms with Crippen molar-refractivity contribution in [2.45, 2.75) is 25.8 Å². The van der Waals surface area contributed by atoms with Gasteiger partial charge in [0.05, 0.1) is 5.69 Å². The molecule has 0 fully saturated rings. The van der Waals surface area contributed by atoms with E-state index < -0.39 is 17.2 Å². The minimum atomic E-state index is -0.498. The summed E-state index contributed by atoms with van der Waals surface area (Å²) in [6, 6.07) is 3.25. The van der Waals surface area contributed by atoms with Gasteiger partial charge in [-0.05, 0) is 38.5 Å². The van der Waals surface area contributed by atoms with Gasteiger partial charge in [-0.1, -0.05) is 0 Å². The molecule has 1 rings (SSSR count). The number of halogens is 2. The summed E-state index contributed by atoms with van der Waals surface area (Å²) in [7, 11) is 0. The first kappa shape index (κ1) is 11.9. The minimum absolute atomic E-state index is 0.00304. The van der Waals surface area contributed by atoms with Gasteiger partial charge in [-0.15, -0.1) is 0 Å². The van der Waals surface area contributed by atoms with E-state index in [0.29, 0.717) is 6.42 Å². The van der Waals surface area contributed by atoms with Crippen molar-refractivity contribution in [1.82, 2.24) is 0 Å². The van der Waals surface area contributed by atoms with Crippen LogP contribution in [-0.4, -0.2) is 17.3 Å². The van der Waals surface area contributed by atoms with E-state index in [0.717, 1.165) is 18.2 Å². The molecule has 0 aromatic heterocycles. The highest BCUT2D eigenvalue weighted by Gasteiger charge is 2.18. The Labute approximate surface area is 87.9 Å². The van der Waals surface area contributed by atoms with Crippen molar-refractivity contribution in [1.29, 1.82) is 0 Å². The monoisotopic (exact) mass is 215 g/mol. The second kappa shape index (κ2) is 4.57. The van der Waals surface area contributed by atoms with Crippen LogP contribution in [0.4, 0.5) is 14.5 Å². The van der Waals surface area contributed by atoms with Crippen LogP contribution in [0, 0.1) is 11.6 Å². The molecule has 0 atom stereocenters. The van der Waals surface area contributed by atoms with Gasteiger partial charge in [0.2, 0.25) is 0 Å². The average molecular weight is 215 g/mol. The van der Waals surface area contributed by atoms with E-state index in [2.05, 4.69) is 5.32 Å². The fourth-order valence-electron chi connectivity index (χ4n) is 1.30. The summed E-state index contributed by atoms with van der Waals surface area (Å²) < 4.78 is 26.1. The van der Waals surface area contributed by atoms with Gasteiger partial charge in [0.1, 0.15) is 11.6 Å². The zero-order valence-electron chi connectivity index (χ0n) is 8.85. The number of nitrogens with one attached hydrogen (secondary N) is 1. The fourth-order valence-corrected chi connectivity index (χ4v) is 1.30. The first-order chi connectivity index (χ1) is 6.94. The lowest BCUT2D eigenvalue weighted by molar-refractivity contribution is 0.260. The summed E-state index contributed by atoms with van der Waals surface area (Å²) in [6.07, 6.45) is 0.461. The molecule has 0 aliphatic heterocycles. The largest absolute Gasteiger partial charge is 0.396 e. The normalized spacial score (nSPS) is 11.5. The Morgan fingerprint density at radius 1 is 1.33 bits per heavy atom. The van der Waals surface area contributed by atoms with Crippen LogP contribution in [0.25, 0.3) is 0 Å². The Morgan fingerprint density at radius 3 is 2.60 bits per heavy atom. The summed E-state index contributed by atoms with van der Waals surface area (Å²) in [5, 5.41) is 11.6. The van der Waals surface area contributed by atoms with Gasteiger partial charge in [-0.25, -0.2) is 8.78 Å². The van der Waals surface area contributed by atoms with Crippen molar-refractivity contribution >= 4 is 5.69 Å². The molecule has 0 unspecified atom stereocenters. The molecule has 84 valence electrons. The predicted molar refractivity (Wildman–Crippen MR) is 55.8 cm³/mol. The summed E-state index contributed by atoms with van der Waals surface area (Å²) in [6.45, 7) is 3.62. The lowest BCUT2D eigenvalue weighted by Crippen LogP contribution is -2.32. The number of hydrogen-bond donors (Lipinski definition) is 2. The van der Waals surface area contributed by atoms with E-state index in [1.165, 1.54) is 0 Å². The number of rotatable bonds is 4. The predicted octanol–water partition coefficient (Wildman–Crippen LogP) is 2.54. The van der Waals surface area contributed by atoms with Crippen molar-refractivity contribution in [2.24, 2.45) is 0 Å². The van der Waals surface area contributed by atoms with Crippen LogP contribution in [0.15, 0.2) is 18.2 Å². The molecule has 0 spiro atoms. The van der Waals surface area contributed by atoms with Crippen molar-refractivity contribution in [2.75, 3.05) is 11.9 Å². The van der Waals surface area contributed by atoms with Crippen LogP contribution in [0.3, 0.4) is 0 Å². The molecule has 0 bridgehead atoms. The fraction of sp³-hybridized carbons (Fsp3) is 0.455. The Hall–Kier alpha value is -1.16. The zero-order valence-corrected chi connectivity index (χ0v) is 8.85. The standard InChI is InChI=1S/C11H15F2NO/c1-11(2,5-6-15)14-10-7-8(12)3-4-9(10)13/h3-4,7,14-15H,5-6H2,1-2H3. The van der Waals surface area contributed by atoms with Crippen molar-refractivity contribution in [3.05, 3.63) is 29.8 Å². The van der Waals surface area contributed by atoms with Crippen LogP contribution in [0.5, 0.6) is 0 Å². The Morgan fingerprint density at radius 2 is 2.00 bits per heavy atom. The van der Waals surface area contributed by atoms with E-state index in [1.807, 2.05) is 13.8 Å². The quantitative estimate of drug-likeness (QED) is 0.809. The molecule has 0 aliphatic carbocycles. The van der Waals surface area contributed by atoms with E-state index in [9.17, 15) is 8.78 Å². The molecule has 1 aromatic rings. The molecule has 2 N–H and O–H groups in total. The minimum Gasteiger partial charge on any atom is -0.396 e. The summed E-state index contributed by atoms with van der Waals surface area (Å²) in [5.74, 6) is -0.985. The molecule has 0 amide bonds. The van der Waals surface area contributed by atoms with Gasteiger partial charge in [0.25, 0.3) is 0 Å². The van der Waals surface area contributed by atoms with Crippen LogP contribution < -0.4 is 5.32 Å². The highest BCUT2D eigenvalue weighted by Crippen LogP contribution is 2.21. The summed E-state index contributed by atoms with van der Waals surface area (Å²) >= 11 is 0. The molecule has 15 heavy (non-hydrogen) atoms. The van der Waals surface area contributed by atoms with E-state index >= 15 is 0 Å². The lowest BCUT2D eigenvalue weighted by atomic mass is 10.0. The lowest BCUT2D eigenvalue weighted by Gasteiger charge is -2.26. The molecule has 2 nitrogen and oxygen atoms in total. The zero-order chi connectivity index (χ0) is 11.5. The molecule has 4 heteroatoms. The van der Waals surface area contributed by atoms with Gasteiger partial charge >= 0.3 is 0 Å². The van der Waals surface area contributed by atoms with Crippen molar-refractivity contribution in [3.63, 3.8) is 0 Å². The topological polar surface area (TPSA) is 32.3 Å². The van der Waals surface area contributed by atoms with Crippen LogP contribution in [0.1, 0.15) is 20.3 Å². The molecule has 0 heterocycles. The maximum absolute atomic E-state index is 13.2. The third-order valence-electron chi connectivity index (χ3n) is 2.14. The number of aliphatic hydroxyl groups excluding tert-OH is 1. The van der Waals surface area contributed by atoms with E-state index in [4.69, 9.17) is 5.11 Å². The van der Waals surface area contributed by atoms with Crippen LogP contribution in [-0.2, 0) is 0 Å². The molecular formula is C11H15F2NO. The molecule has 0 aliphatic rings. The van der Waals surface area contributed by atoms with E-state index in [-0.39, 0.29) is 12.3 Å². The van der Waals surface area contributed by atoms with Gasteiger partial charge < -0.3 is 10.4 Å².